The fourth-order valence-electron chi connectivity index (χ4n) is 2.44. The Bertz CT molecular complexity index is 947. The number of aromatic nitrogens is 2. The summed E-state index contributed by atoms with van der Waals surface area (Å²) in [5, 5.41) is 2.23. The maximum Gasteiger partial charge on any atom is 0.328 e. The second-order valence-corrected chi connectivity index (χ2v) is 6.08. The van der Waals surface area contributed by atoms with Gasteiger partial charge in [0.15, 0.2) is 0 Å². The molecule has 24 heavy (non-hydrogen) atoms. The lowest BCUT2D eigenvalue weighted by Gasteiger charge is -2.13. The van der Waals surface area contributed by atoms with Gasteiger partial charge in [-0.25, -0.2) is 14.2 Å². The van der Waals surface area contributed by atoms with E-state index < -0.39 is 12.0 Å². The highest BCUT2D eigenvalue weighted by molar-refractivity contribution is 7.17. The Morgan fingerprint density at radius 3 is 2.75 bits per heavy atom. The number of rotatable bonds is 4. The molecule has 7 heteroatoms. The summed E-state index contributed by atoms with van der Waals surface area (Å²) in [4.78, 5) is 29.6. The summed E-state index contributed by atoms with van der Waals surface area (Å²) in [6.07, 6.45) is 1.36. The van der Waals surface area contributed by atoms with E-state index in [1.54, 1.807) is 26.0 Å². The van der Waals surface area contributed by atoms with Crippen molar-refractivity contribution < 1.29 is 13.9 Å². The van der Waals surface area contributed by atoms with E-state index in [1.165, 1.54) is 34.4 Å². The van der Waals surface area contributed by atoms with Crippen LogP contribution < -0.4 is 5.56 Å². The number of thiophene rings is 1. The lowest BCUT2D eigenvalue weighted by molar-refractivity contribution is -0.146. The predicted octanol–water partition coefficient (Wildman–Crippen LogP) is 3.39. The highest BCUT2D eigenvalue weighted by atomic mass is 32.1. The molecule has 3 aromatic rings. The standard InChI is InChI=1S/C17H15FN2O3S/c1-3-23-17(22)10(2)20-9-19-15-14(16(20)21)13(8-24-15)11-4-6-12(18)7-5-11/h4-10H,3H2,1-2H3. The molecule has 2 heterocycles. The van der Waals surface area contributed by atoms with Crippen molar-refractivity contribution >= 4 is 27.5 Å². The van der Waals surface area contributed by atoms with Gasteiger partial charge in [-0.3, -0.25) is 9.36 Å². The second-order valence-electron chi connectivity index (χ2n) is 5.22. The number of nitrogens with zero attached hydrogens (tertiary/aromatic N) is 2. The summed E-state index contributed by atoms with van der Waals surface area (Å²) in [6, 6.07) is 5.14. The molecule has 5 nitrogen and oxygen atoms in total. The quantitative estimate of drug-likeness (QED) is 0.680. The van der Waals surface area contributed by atoms with Gasteiger partial charge in [0.05, 0.1) is 18.3 Å². The SMILES string of the molecule is CCOC(=O)C(C)n1cnc2scc(-c3ccc(F)cc3)c2c1=O. The summed E-state index contributed by atoms with van der Waals surface area (Å²) < 4.78 is 19.4. The maximum absolute atomic E-state index is 13.1. The van der Waals surface area contributed by atoms with Crippen LogP contribution in [-0.4, -0.2) is 22.1 Å². The molecular formula is C17H15FN2O3S. The molecule has 0 saturated heterocycles. The summed E-state index contributed by atoms with van der Waals surface area (Å²) >= 11 is 1.33. The van der Waals surface area contributed by atoms with Crippen molar-refractivity contribution in [1.82, 2.24) is 9.55 Å². The molecule has 1 unspecified atom stereocenters. The van der Waals surface area contributed by atoms with E-state index >= 15 is 0 Å². The molecular weight excluding hydrogens is 331 g/mol. The smallest absolute Gasteiger partial charge is 0.328 e. The summed E-state index contributed by atoms with van der Waals surface area (Å²) in [6.45, 7) is 3.55. The first-order chi connectivity index (χ1) is 11.5. The summed E-state index contributed by atoms with van der Waals surface area (Å²) in [7, 11) is 0. The third kappa shape index (κ3) is 2.82. The molecule has 0 saturated carbocycles. The molecule has 0 aliphatic carbocycles. The molecule has 0 aliphatic heterocycles. The van der Waals surface area contributed by atoms with Crippen LogP contribution in [-0.2, 0) is 9.53 Å². The van der Waals surface area contributed by atoms with Gasteiger partial charge in [0.25, 0.3) is 5.56 Å². The highest BCUT2D eigenvalue weighted by Gasteiger charge is 2.21. The van der Waals surface area contributed by atoms with Crippen molar-refractivity contribution in [3.63, 3.8) is 0 Å². The first kappa shape index (κ1) is 16.3. The number of ether oxygens (including phenoxy) is 1. The van der Waals surface area contributed by atoms with Crippen LogP contribution in [0.2, 0.25) is 0 Å². The molecule has 1 aromatic carbocycles. The molecule has 0 aliphatic rings. The molecule has 0 bridgehead atoms. The Hall–Kier alpha value is -2.54. The average Bonchev–Trinajstić information content (AvgIpc) is 3.00. The van der Waals surface area contributed by atoms with Crippen molar-refractivity contribution in [1.29, 1.82) is 0 Å². The van der Waals surface area contributed by atoms with Crippen LogP contribution in [0, 0.1) is 5.82 Å². The van der Waals surface area contributed by atoms with Crippen LogP contribution in [0.3, 0.4) is 0 Å². The minimum Gasteiger partial charge on any atom is -0.464 e. The van der Waals surface area contributed by atoms with E-state index in [1.807, 2.05) is 5.38 Å². The minimum absolute atomic E-state index is 0.243. The van der Waals surface area contributed by atoms with Gasteiger partial charge in [0, 0.05) is 10.9 Å². The number of benzene rings is 1. The van der Waals surface area contributed by atoms with Gasteiger partial charge in [-0.15, -0.1) is 11.3 Å². The van der Waals surface area contributed by atoms with Crippen molar-refractivity contribution in [3.8, 4) is 11.1 Å². The third-order valence-corrected chi connectivity index (χ3v) is 4.61. The molecule has 0 radical (unpaired) electrons. The van der Waals surface area contributed by atoms with Gasteiger partial charge in [0.1, 0.15) is 16.7 Å². The molecule has 0 N–H and O–H groups in total. The van der Waals surface area contributed by atoms with E-state index in [-0.39, 0.29) is 18.0 Å². The van der Waals surface area contributed by atoms with Crippen LogP contribution in [0.4, 0.5) is 4.39 Å². The largest absolute Gasteiger partial charge is 0.464 e. The fraction of sp³-hybridized carbons (Fsp3) is 0.235. The Labute approximate surface area is 141 Å². The number of carbonyl (C=O) groups excluding carboxylic acids is 1. The van der Waals surface area contributed by atoms with Crippen LogP contribution in [0.25, 0.3) is 21.3 Å². The maximum atomic E-state index is 13.1. The summed E-state index contributed by atoms with van der Waals surface area (Å²) in [5.41, 5.74) is 1.09. The van der Waals surface area contributed by atoms with Crippen molar-refractivity contribution in [3.05, 3.63) is 52.1 Å². The third-order valence-electron chi connectivity index (χ3n) is 3.72. The number of fused-ring (bicyclic) bond motifs is 1. The Morgan fingerprint density at radius 1 is 1.38 bits per heavy atom. The number of halogens is 1. The van der Waals surface area contributed by atoms with Crippen LogP contribution in [0.1, 0.15) is 19.9 Å². The van der Waals surface area contributed by atoms with E-state index in [2.05, 4.69) is 4.98 Å². The van der Waals surface area contributed by atoms with Crippen LogP contribution >= 0.6 is 11.3 Å². The van der Waals surface area contributed by atoms with Gasteiger partial charge < -0.3 is 4.74 Å². The lowest BCUT2D eigenvalue weighted by atomic mass is 10.1. The van der Waals surface area contributed by atoms with E-state index in [4.69, 9.17) is 4.74 Å². The molecule has 0 fully saturated rings. The zero-order valence-electron chi connectivity index (χ0n) is 13.2. The zero-order valence-corrected chi connectivity index (χ0v) is 14.0. The topological polar surface area (TPSA) is 61.2 Å². The number of carbonyl (C=O) groups is 1. The summed E-state index contributed by atoms with van der Waals surface area (Å²) in [5.74, 6) is -0.830. The Morgan fingerprint density at radius 2 is 2.08 bits per heavy atom. The molecule has 124 valence electrons. The molecule has 1 atom stereocenters. The first-order valence-corrected chi connectivity index (χ1v) is 8.31. The van der Waals surface area contributed by atoms with Gasteiger partial charge in [0.2, 0.25) is 0 Å². The van der Waals surface area contributed by atoms with Gasteiger partial charge in [-0.1, -0.05) is 12.1 Å². The van der Waals surface area contributed by atoms with Crippen LogP contribution in [0.5, 0.6) is 0 Å². The molecule has 0 amide bonds. The minimum atomic E-state index is -0.768. The second kappa shape index (κ2) is 6.52. The van der Waals surface area contributed by atoms with Crippen molar-refractivity contribution in [2.45, 2.75) is 19.9 Å². The van der Waals surface area contributed by atoms with Gasteiger partial charge in [-0.05, 0) is 31.5 Å². The average molecular weight is 346 g/mol. The predicted molar refractivity (Wildman–Crippen MR) is 90.6 cm³/mol. The van der Waals surface area contributed by atoms with Crippen molar-refractivity contribution in [2.75, 3.05) is 6.61 Å². The molecule has 0 spiro atoms. The zero-order chi connectivity index (χ0) is 17.3. The normalized spacial score (nSPS) is 12.3. The van der Waals surface area contributed by atoms with E-state index in [9.17, 15) is 14.0 Å². The Kier molecular flexibility index (Phi) is 4.44. The number of hydrogen-bond acceptors (Lipinski definition) is 5. The van der Waals surface area contributed by atoms with E-state index in [0.717, 1.165) is 5.56 Å². The van der Waals surface area contributed by atoms with Crippen LogP contribution in [0.15, 0.2) is 40.8 Å². The first-order valence-electron chi connectivity index (χ1n) is 7.43. The van der Waals surface area contributed by atoms with E-state index in [0.29, 0.717) is 15.8 Å². The number of hydrogen-bond donors (Lipinski definition) is 0. The lowest BCUT2D eigenvalue weighted by Crippen LogP contribution is -2.29. The van der Waals surface area contributed by atoms with Gasteiger partial charge >= 0.3 is 5.97 Å². The highest BCUT2D eigenvalue weighted by Crippen LogP contribution is 2.30. The van der Waals surface area contributed by atoms with Gasteiger partial charge in [-0.2, -0.15) is 0 Å². The van der Waals surface area contributed by atoms with Crippen molar-refractivity contribution in [2.24, 2.45) is 0 Å². The molecule has 3 rings (SSSR count). The number of esters is 1. The fourth-order valence-corrected chi connectivity index (χ4v) is 3.35. The molecule has 2 aromatic heterocycles. The monoisotopic (exact) mass is 346 g/mol. The Balaban J connectivity index is 2.14.